The predicted octanol–water partition coefficient (Wildman–Crippen LogP) is 7.33. The summed E-state index contributed by atoms with van der Waals surface area (Å²) in [6, 6.07) is 23.3. The molecule has 3 atom stereocenters. The minimum Gasteiger partial charge on any atom is -0.489 e. The number of ether oxygens (including phenoxy) is 6. The highest BCUT2D eigenvalue weighted by Gasteiger charge is 2.27. The first-order valence-corrected chi connectivity index (χ1v) is 15.6. The zero-order valence-corrected chi connectivity index (χ0v) is 26.4. The summed E-state index contributed by atoms with van der Waals surface area (Å²) in [5.74, 6) is 0.235. The third-order valence-electron chi connectivity index (χ3n) is 7.52. The van der Waals surface area contributed by atoms with Gasteiger partial charge in [0.2, 0.25) is 0 Å². The van der Waals surface area contributed by atoms with E-state index in [0.29, 0.717) is 49.1 Å². The maximum Gasteiger partial charge on any atom is 0.342 e. The molecule has 4 rings (SSSR count). The van der Waals surface area contributed by atoms with Crippen LogP contribution in [0.5, 0.6) is 11.5 Å². The second-order valence-electron chi connectivity index (χ2n) is 11.1. The summed E-state index contributed by atoms with van der Waals surface area (Å²) in [6.45, 7) is 5.13. The van der Waals surface area contributed by atoms with Crippen LogP contribution in [0.25, 0.3) is 6.08 Å². The van der Waals surface area contributed by atoms with E-state index in [-0.39, 0.29) is 24.3 Å². The summed E-state index contributed by atoms with van der Waals surface area (Å²) in [5.41, 5.74) is 3.02. The monoisotopic (exact) mass is 616 g/mol. The highest BCUT2D eigenvalue weighted by Crippen LogP contribution is 2.32. The third-order valence-corrected chi connectivity index (χ3v) is 7.52. The summed E-state index contributed by atoms with van der Waals surface area (Å²) in [6.07, 6.45) is 7.71. The van der Waals surface area contributed by atoms with E-state index in [1.807, 2.05) is 85.8 Å². The van der Waals surface area contributed by atoms with Crippen molar-refractivity contribution in [1.29, 1.82) is 0 Å². The number of hydrogen-bond donors (Lipinski definition) is 0. The van der Waals surface area contributed by atoms with Crippen LogP contribution >= 0.6 is 0 Å². The molecule has 45 heavy (non-hydrogen) atoms. The number of carbonyl (C=O) groups excluding carboxylic acids is 2. The van der Waals surface area contributed by atoms with Gasteiger partial charge in [0.05, 0.1) is 38.6 Å². The smallest absolute Gasteiger partial charge is 0.342 e. The Labute approximate surface area is 266 Å². The Balaban J connectivity index is 1.45. The predicted molar refractivity (Wildman–Crippen MR) is 172 cm³/mol. The SMILES string of the molecule is COC(=O)c1c(/C=C/CCCC2OCCOC2CC[C@@H](C)OC(C)=O)cc(OCc2ccccc2)cc1OCc1ccccc1. The number of esters is 2. The molecule has 0 radical (unpaired) electrons. The zero-order chi connectivity index (χ0) is 31.9. The number of carbonyl (C=O) groups is 2. The van der Waals surface area contributed by atoms with Crippen LogP contribution in [0.4, 0.5) is 0 Å². The number of rotatable bonds is 16. The van der Waals surface area contributed by atoms with Crippen LogP contribution in [0.1, 0.15) is 73.0 Å². The Morgan fingerprint density at radius 1 is 0.889 bits per heavy atom. The van der Waals surface area contributed by atoms with Gasteiger partial charge in [-0.05, 0) is 61.8 Å². The molecule has 0 spiro atoms. The summed E-state index contributed by atoms with van der Waals surface area (Å²) in [4.78, 5) is 24.3. The highest BCUT2D eigenvalue weighted by molar-refractivity contribution is 5.97. The van der Waals surface area contributed by atoms with Gasteiger partial charge in [-0.25, -0.2) is 4.79 Å². The van der Waals surface area contributed by atoms with Crippen molar-refractivity contribution in [1.82, 2.24) is 0 Å². The molecule has 2 unspecified atom stereocenters. The second kappa shape index (κ2) is 18.0. The summed E-state index contributed by atoms with van der Waals surface area (Å²) >= 11 is 0. The molecule has 8 heteroatoms. The third kappa shape index (κ3) is 11.1. The van der Waals surface area contributed by atoms with E-state index < -0.39 is 5.97 Å². The fourth-order valence-electron chi connectivity index (χ4n) is 5.28. The van der Waals surface area contributed by atoms with E-state index >= 15 is 0 Å². The fraction of sp³-hybridized carbons (Fsp3) is 0.405. The molecule has 0 saturated carbocycles. The van der Waals surface area contributed by atoms with E-state index in [0.717, 1.165) is 43.2 Å². The van der Waals surface area contributed by atoms with Gasteiger partial charge in [-0.3, -0.25) is 4.79 Å². The van der Waals surface area contributed by atoms with Crippen LogP contribution in [0.3, 0.4) is 0 Å². The van der Waals surface area contributed by atoms with Crippen LogP contribution in [0.2, 0.25) is 0 Å². The topological polar surface area (TPSA) is 89.5 Å². The molecule has 8 nitrogen and oxygen atoms in total. The van der Waals surface area contributed by atoms with E-state index in [1.165, 1.54) is 14.0 Å². The van der Waals surface area contributed by atoms with Crippen molar-refractivity contribution in [2.75, 3.05) is 20.3 Å². The molecule has 0 N–H and O–H groups in total. The quantitative estimate of drug-likeness (QED) is 0.122. The van der Waals surface area contributed by atoms with Gasteiger partial charge in [0.15, 0.2) is 0 Å². The molecule has 0 aromatic heterocycles. The average Bonchev–Trinajstić information content (AvgIpc) is 3.06. The fourth-order valence-corrected chi connectivity index (χ4v) is 5.28. The zero-order valence-electron chi connectivity index (χ0n) is 26.4. The second-order valence-corrected chi connectivity index (χ2v) is 11.1. The molecule has 1 heterocycles. The van der Waals surface area contributed by atoms with Gasteiger partial charge < -0.3 is 28.4 Å². The normalized spacial score (nSPS) is 17.0. The number of benzene rings is 3. The molecule has 0 amide bonds. The molecule has 1 saturated heterocycles. The molecule has 1 aliphatic rings. The maximum absolute atomic E-state index is 13.0. The van der Waals surface area contributed by atoms with Crippen LogP contribution in [0.15, 0.2) is 78.9 Å². The Morgan fingerprint density at radius 3 is 2.13 bits per heavy atom. The van der Waals surface area contributed by atoms with Gasteiger partial charge in [-0.1, -0.05) is 72.8 Å². The Kier molecular flexibility index (Phi) is 13.5. The molecule has 0 bridgehead atoms. The van der Waals surface area contributed by atoms with Crippen LogP contribution < -0.4 is 9.47 Å². The standard InChI is InChI=1S/C37H44O8/c1-27(45-28(2)38)19-20-34-33(41-21-22-42-34)18-12-6-11-17-31-23-32(43-25-29-13-7-4-8-14-29)24-35(36(31)37(39)40-3)44-26-30-15-9-5-10-16-30/h4-5,7-11,13-17,23-24,27,33-34H,6,12,18-22,25-26H2,1-3H3/b17-11+/t27-,33?,34?/m1/s1. The number of unbranched alkanes of at least 4 members (excludes halogenated alkanes) is 1. The Bertz CT molecular complexity index is 1370. The number of methoxy groups -OCH3 is 1. The lowest BCUT2D eigenvalue weighted by molar-refractivity contribution is -0.153. The van der Waals surface area contributed by atoms with Crippen molar-refractivity contribution < 1.29 is 38.0 Å². The lowest BCUT2D eigenvalue weighted by Gasteiger charge is -2.32. The van der Waals surface area contributed by atoms with Crippen molar-refractivity contribution in [3.63, 3.8) is 0 Å². The van der Waals surface area contributed by atoms with E-state index in [1.54, 1.807) is 6.07 Å². The van der Waals surface area contributed by atoms with Gasteiger partial charge in [0, 0.05) is 13.0 Å². The lowest BCUT2D eigenvalue weighted by atomic mass is 9.99. The molecule has 3 aromatic rings. The van der Waals surface area contributed by atoms with E-state index in [4.69, 9.17) is 28.4 Å². The highest BCUT2D eigenvalue weighted by atomic mass is 16.6. The molecule has 1 aliphatic heterocycles. The van der Waals surface area contributed by atoms with Gasteiger partial charge >= 0.3 is 11.9 Å². The summed E-state index contributed by atoms with van der Waals surface area (Å²) < 4.78 is 34.8. The number of allylic oxidation sites excluding steroid dienone is 1. The van der Waals surface area contributed by atoms with Crippen LogP contribution in [-0.2, 0) is 37.0 Å². The molecule has 240 valence electrons. The molecule has 1 fully saturated rings. The molecule has 3 aromatic carbocycles. The van der Waals surface area contributed by atoms with E-state index in [2.05, 4.69) is 0 Å². The first-order valence-electron chi connectivity index (χ1n) is 15.6. The van der Waals surface area contributed by atoms with Crippen molar-refractivity contribution in [3.8, 4) is 11.5 Å². The Morgan fingerprint density at radius 2 is 1.51 bits per heavy atom. The molecular weight excluding hydrogens is 572 g/mol. The van der Waals surface area contributed by atoms with Crippen molar-refractivity contribution >= 4 is 18.0 Å². The summed E-state index contributed by atoms with van der Waals surface area (Å²) in [5, 5.41) is 0. The molecular formula is C37H44O8. The van der Waals surface area contributed by atoms with Gasteiger partial charge in [-0.2, -0.15) is 0 Å². The van der Waals surface area contributed by atoms with Gasteiger partial charge in [0.1, 0.15) is 30.3 Å². The average molecular weight is 617 g/mol. The maximum atomic E-state index is 13.0. The number of hydrogen-bond acceptors (Lipinski definition) is 8. The minimum absolute atomic E-state index is 0.0185. The van der Waals surface area contributed by atoms with Crippen LogP contribution in [0, 0.1) is 0 Å². The molecule has 0 aliphatic carbocycles. The van der Waals surface area contributed by atoms with E-state index in [9.17, 15) is 9.59 Å². The minimum atomic E-state index is -0.481. The van der Waals surface area contributed by atoms with Crippen molar-refractivity contribution in [2.45, 2.75) is 77.5 Å². The van der Waals surface area contributed by atoms with Crippen molar-refractivity contribution in [2.24, 2.45) is 0 Å². The summed E-state index contributed by atoms with van der Waals surface area (Å²) in [7, 11) is 1.37. The van der Waals surface area contributed by atoms with Crippen molar-refractivity contribution in [3.05, 3.63) is 101 Å². The van der Waals surface area contributed by atoms with Gasteiger partial charge in [-0.15, -0.1) is 0 Å². The first-order chi connectivity index (χ1) is 21.9. The van der Waals surface area contributed by atoms with Crippen LogP contribution in [-0.4, -0.2) is 50.6 Å². The first kappa shape index (κ1) is 33.7. The largest absolute Gasteiger partial charge is 0.489 e. The lowest BCUT2D eigenvalue weighted by Crippen LogP contribution is -2.39. The van der Waals surface area contributed by atoms with Gasteiger partial charge in [0.25, 0.3) is 0 Å². The Hall–Kier alpha value is -4.14.